The molecule has 0 heterocycles. The molecule has 0 spiro atoms. The molecule has 1 fully saturated rings. The summed E-state index contributed by atoms with van der Waals surface area (Å²) in [5.74, 6) is 0.224. The second-order valence-electron chi connectivity index (χ2n) is 4.69. The van der Waals surface area contributed by atoms with E-state index in [0.717, 1.165) is 5.56 Å². The van der Waals surface area contributed by atoms with Crippen LogP contribution in [0, 0.1) is 56.2 Å². The van der Waals surface area contributed by atoms with E-state index in [1.165, 1.54) is 0 Å². The predicted molar refractivity (Wildman–Crippen MR) is 67.7 cm³/mol. The molecule has 1 atom stereocenters. The third kappa shape index (κ3) is 1.45. The van der Waals surface area contributed by atoms with E-state index in [9.17, 15) is 21.0 Å². The Labute approximate surface area is 116 Å². The molecule has 0 amide bonds. The first kappa shape index (κ1) is 13.4. The molecule has 0 N–H and O–H groups in total. The Hall–Kier alpha value is -3.02. The number of hydrogen-bond acceptors (Lipinski definition) is 5. The lowest BCUT2D eigenvalue weighted by molar-refractivity contribution is 0.0941. The summed E-state index contributed by atoms with van der Waals surface area (Å²) < 4.78 is 5.05. The molecular formula is C15H10N4O. The van der Waals surface area contributed by atoms with Crippen LogP contribution in [0.15, 0.2) is 24.3 Å². The van der Waals surface area contributed by atoms with E-state index < -0.39 is 16.7 Å². The summed E-state index contributed by atoms with van der Waals surface area (Å²) >= 11 is 0. The fourth-order valence-corrected chi connectivity index (χ4v) is 2.66. The van der Waals surface area contributed by atoms with Crippen LogP contribution < -0.4 is 4.74 Å². The van der Waals surface area contributed by atoms with Crippen LogP contribution in [0.2, 0.25) is 0 Å². The van der Waals surface area contributed by atoms with Crippen LogP contribution in [-0.4, -0.2) is 7.11 Å². The van der Waals surface area contributed by atoms with E-state index in [4.69, 9.17) is 4.74 Å². The molecule has 1 unspecified atom stereocenters. The Balaban J connectivity index is 2.46. The summed E-state index contributed by atoms with van der Waals surface area (Å²) in [6.45, 7) is 0. The normalized spacial score (nSPS) is 21.1. The third-order valence-corrected chi connectivity index (χ3v) is 3.96. The van der Waals surface area contributed by atoms with Gasteiger partial charge in [0.1, 0.15) is 5.75 Å². The van der Waals surface area contributed by atoms with Crippen LogP contribution in [0.1, 0.15) is 17.9 Å². The van der Waals surface area contributed by atoms with Gasteiger partial charge in [-0.3, -0.25) is 0 Å². The number of nitrogens with zero attached hydrogens (tertiary/aromatic N) is 4. The van der Waals surface area contributed by atoms with Crippen LogP contribution in [0.3, 0.4) is 0 Å². The van der Waals surface area contributed by atoms with Crippen molar-refractivity contribution in [3.05, 3.63) is 29.8 Å². The lowest BCUT2D eigenvalue weighted by atomic mass is 9.44. The number of methoxy groups -OCH3 is 1. The van der Waals surface area contributed by atoms with Gasteiger partial charge in [-0.15, -0.1) is 0 Å². The van der Waals surface area contributed by atoms with Gasteiger partial charge in [-0.25, -0.2) is 0 Å². The minimum Gasteiger partial charge on any atom is -0.497 e. The molecule has 5 nitrogen and oxygen atoms in total. The Bertz CT molecular complexity index is 666. The van der Waals surface area contributed by atoms with Crippen molar-refractivity contribution in [1.29, 1.82) is 21.0 Å². The monoisotopic (exact) mass is 262 g/mol. The highest BCUT2D eigenvalue weighted by Crippen LogP contribution is 2.64. The van der Waals surface area contributed by atoms with E-state index in [-0.39, 0.29) is 6.42 Å². The van der Waals surface area contributed by atoms with Gasteiger partial charge in [-0.1, -0.05) is 12.1 Å². The molecule has 1 aromatic carbocycles. The first-order chi connectivity index (χ1) is 9.62. The Morgan fingerprint density at radius 1 is 1.00 bits per heavy atom. The Morgan fingerprint density at radius 2 is 1.55 bits per heavy atom. The largest absolute Gasteiger partial charge is 0.497 e. The van der Waals surface area contributed by atoms with E-state index in [1.54, 1.807) is 31.4 Å². The molecule has 1 aliphatic rings. The summed E-state index contributed by atoms with van der Waals surface area (Å²) in [4.78, 5) is 0. The minimum absolute atomic E-state index is 0.188. The standard InChI is InChI=1S/C15H10N4O/c1-20-12-4-2-11(3-5-12)13-6-14(7-16,8-17)15(13,9-18)10-19/h2-5,13H,6H2,1H3. The second kappa shape index (κ2) is 4.58. The molecular weight excluding hydrogens is 252 g/mol. The highest BCUT2D eigenvalue weighted by atomic mass is 16.5. The van der Waals surface area contributed by atoms with Crippen molar-refractivity contribution in [2.24, 2.45) is 10.8 Å². The van der Waals surface area contributed by atoms with Gasteiger partial charge in [0.2, 0.25) is 0 Å². The van der Waals surface area contributed by atoms with Gasteiger partial charge in [0.05, 0.1) is 31.4 Å². The molecule has 1 aromatic rings. The van der Waals surface area contributed by atoms with E-state index in [2.05, 4.69) is 0 Å². The maximum Gasteiger partial charge on any atom is 0.182 e. The highest BCUT2D eigenvalue weighted by molar-refractivity contribution is 5.49. The molecule has 1 aliphatic carbocycles. The number of rotatable bonds is 2. The van der Waals surface area contributed by atoms with Gasteiger partial charge < -0.3 is 4.74 Å². The second-order valence-corrected chi connectivity index (χ2v) is 4.69. The van der Waals surface area contributed by atoms with Gasteiger partial charge in [0.15, 0.2) is 10.8 Å². The van der Waals surface area contributed by atoms with Crippen molar-refractivity contribution in [2.45, 2.75) is 12.3 Å². The van der Waals surface area contributed by atoms with Crippen molar-refractivity contribution in [2.75, 3.05) is 7.11 Å². The average molecular weight is 262 g/mol. The quantitative estimate of drug-likeness (QED) is 0.812. The highest BCUT2D eigenvalue weighted by Gasteiger charge is 2.69. The molecule has 0 saturated heterocycles. The Morgan fingerprint density at radius 3 is 1.95 bits per heavy atom. The SMILES string of the molecule is COc1ccc(C2CC(C#N)(C#N)C2(C#N)C#N)cc1. The molecule has 1 saturated carbocycles. The van der Waals surface area contributed by atoms with Crippen LogP contribution in [0.4, 0.5) is 0 Å². The van der Waals surface area contributed by atoms with Crippen molar-refractivity contribution in [3.8, 4) is 30.0 Å². The van der Waals surface area contributed by atoms with Gasteiger partial charge in [-0.2, -0.15) is 21.0 Å². The van der Waals surface area contributed by atoms with Gasteiger partial charge in [0, 0.05) is 5.92 Å². The summed E-state index contributed by atoms with van der Waals surface area (Å²) in [6.07, 6.45) is 0.188. The lowest BCUT2D eigenvalue weighted by Gasteiger charge is -2.48. The predicted octanol–water partition coefficient (Wildman–Crippen LogP) is 2.25. The van der Waals surface area contributed by atoms with E-state index in [1.807, 2.05) is 24.3 Å². The van der Waals surface area contributed by atoms with E-state index in [0.29, 0.717) is 5.75 Å². The summed E-state index contributed by atoms with van der Waals surface area (Å²) in [6, 6.07) is 14.5. The topological polar surface area (TPSA) is 104 Å². The fraction of sp³-hybridized carbons (Fsp3) is 0.333. The first-order valence-electron chi connectivity index (χ1n) is 5.92. The Kier molecular flexibility index (Phi) is 3.07. The molecule has 96 valence electrons. The molecule has 20 heavy (non-hydrogen) atoms. The maximum atomic E-state index is 9.37. The zero-order chi connectivity index (χ0) is 14.8. The van der Waals surface area contributed by atoms with Crippen molar-refractivity contribution in [1.82, 2.24) is 0 Å². The molecule has 0 aliphatic heterocycles. The zero-order valence-electron chi connectivity index (χ0n) is 10.8. The lowest BCUT2D eigenvalue weighted by Crippen LogP contribution is -2.54. The van der Waals surface area contributed by atoms with Crippen molar-refractivity contribution < 1.29 is 4.74 Å². The molecule has 0 aromatic heterocycles. The zero-order valence-corrected chi connectivity index (χ0v) is 10.8. The van der Waals surface area contributed by atoms with Crippen LogP contribution in [0.5, 0.6) is 5.75 Å². The van der Waals surface area contributed by atoms with Gasteiger partial charge >= 0.3 is 0 Å². The summed E-state index contributed by atoms with van der Waals surface area (Å²) in [5, 5.41) is 37.1. The van der Waals surface area contributed by atoms with Gasteiger partial charge in [0.25, 0.3) is 0 Å². The van der Waals surface area contributed by atoms with Crippen LogP contribution in [-0.2, 0) is 0 Å². The summed E-state index contributed by atoms with van der Waals surface area (Å²) in [7, 11) is 1.55. The minimum atomic E-state index is -1.62. The molecule has 2 rings (SSSR count). The number of nitriles is 4. The maximum absolute atomic E-state index is 9.37. The first-order valence-corrected chi connectivity index (χ1v) is 5.92. The molecule has 5 heteroatoms. The van der Waals surface area contributed by atoms with Crippen molar-refractivity contribution in [3.63, 3.8) is 0 Å². The number of hydrogen-bond donors (Lipinski definition) is 0. The third-order valence-electron chi connectivity index (χ3n) is 3.96. The number of benzene rings is 1. The average Bonchev–Trinajstić information content (AvgIpc) is 2.50. The molecule has 0 bridgehead atoms. The van der Waals surface area contributed by atoms with E-state index >= 15 is 0 Å². The van der Waals surface area contributed by atoms with Crippen LogP contribution in [0.25, 0.3) is 0 Å². The smallest absolute Gasteiger partial charge is 0.182 e. The van der Waals surface area contributed by atoms with Crippen molar-refractivity contribution >= 4 is 0 Å². The number of ether oxygens (including phenoxy) is 1. The summed E-state index contributed by atoms with van der Waals surface area (Å²) in [5.41, 5.74) is -2.42. The van der Waals surface area contributed by atoms with Crippen LogP contribution >= 0.6 is 0 Å². The fourth-order valence-electron chi connectivity index (χ4n) is 2.66. The van der Waals surface area contributed by atoms with Gasteiger partial charge in [-0.05, 0) is 24.1 Å². The molecule has 0 radical (unpaired) electrons.